The maximum atomic E-state index is 12.0. The topological polar surface area (TPSA) is 108 Å². The van der Waals surface area contributed by atoms with Gasteiger partial charge >= 0.3 is 18.1 Å². The molecule has 0 aromatic carbocycles. The third kappa shape index (κ3) is 4.70. The first-order valence-electron chi connectivity index (χ1n) is 5.52. The highest BCUT2D eigenvalue weighted by Gasteiger charge is 2.39. The zero-order chi connectivity index (χ0) is 16.2. The van der Waals surface area contributed by atoms with Gasteiger partial charge in [-0.25, -0.2) is 9.78 Å². The molecular formula is C10H10F3N3O4S. The first-order valence-corrected chi connectivity index (χ1v) is 6.40. The first kappa shape index (κ1) is 16.9. The summed E-state index contributed by atoms with van der Waals surface area (Å²) in [5, 5.41) is 13.1. The van der Waals surface area contributed by atoms with Crippen molar-refractivity contribution in [3.8, 4) is 0 Å². The van der Waals surface area contributed by atoms with E-state index in [4.69, 9.17) is 5.11 Å². The maximum Gasteiger partial charge on any atom is 0.471 e. The SMILES string of the molecule is CCC(NC(=O)c1csc(NC(=O)C(F)(F)F)n1)C(=O)O. The number of nitrogens with one attached hydrogen (secondary N) is 2. The van der Waals surface area contributed by atoms with Crippen molar-refractivity contribution in [1.82, 2.24) is 10.3 Å². The van der Waals surface area contributed by atoms with Crippen LogP contribution in [-0.2, 0) is 9.59 Å². The number of alkyl halides is 3. The van der Waals surface area contributed by atoms with Crippen molar-refractivity contribution >= 4 is 34.3 Å². The van der Waals surface area contributed by atoms with Crippen LogP contribution in [0.25, 0.3) is 0 Å². The fourth-order valence-electron chi connectivity index (χ4n) is 1.17. The number of aromatic nitrogens is 1. The number of carboxylic acids is 1. The Bertz CT molecular complexity index is 558. The number of hydrogen-bond donors (Lipinski definition) is 3. The van der Waals surface area contributed by atoms with Crippen LogP contribution in [0.4, 0.5) is 18.3 Å². The van der Waals surface area contributed by atoms with Crippen LogP contribution in [0.1, 0.15) is 23.8 Å². The molecule has 0 radical (unpaired) electrons. The lowest BCUT2D eigenvalue weighted by Crippen LogP contribution is -2.40. The van der Waals surface area contributed by atoms with Gasteiger partial charge in [0.1, 0.15) is 11.7 Å². The van der Waals surface area contributed by atoms with E-state index in [0.29, 0.717) is 11.3 Å². The van der Waals surface area contributed by atoms with Gasteiger partial charge in [-0.2, -0.15) is 13.2 Å². The summed E-state index contributed by atoms with van der Waals surface area (Å²) in [6, 6.07) is -1.13. The summed E-state index contributed by atoms with van der Waals surface area (Å²) < 4.78 is 36.1. The molecule has 3 N–H and O–H groups in total. The number of carbonyl (C=O) groups excluding carboxylic acids is 2. The Kier molecular flexibility index (Phi) is 5.24. The lowest BCUT2D eigenvalue weighted by molar-refractivity contribution is -0.167. The van der Waals surface area contributed by atoms with Crippen LogP contribution >= 0.6 is 11.3 Å². The van der Waals surface area contributed by atoms with Crippen LogP contribution in [0.15, 0.2) is 5.38 Å². The van der Waals surface area contributed by atoms with Gasteiger partial charge in [0.05, 0.1) is 0 Å². The molecule has 1 unspecified atom stereocenters. The summed E-state index contributed by atoms with van der Waals surface area (Å²) in [5.41, 5.74) is -0.280. The van der Waals surface area contributed by atoms with Crippen molar-refractivity contribution in [3.63, 3.8) is 0 Å². The number of carboxylic acid groups (broad SMARTS) is 1. The molecule has 0 fully saturated rings. The highest BCUT2D eigenvalue weighted by atomic mass is 32.1. The molecule has 1 aromatic heterocycles. The molecule has 1 rings (SSSR count). The summed E-state index contributed by atoms with van der Waals surface area (Å²) in [6.07, 6.45) is -4.94. The van der Waals surface area contributed by atoms with Crippen molar-refractivity contribution in [1.29, 1.82) is 0 Å². The second kappa shape index (κ2) is 6.52. The highest BCUT2D eigenvalue weighted by molar-refractivity contribution is 7.14. The Morgan fingerprint density at radius 1 is 1.43 bits per heavy atom. The van der Waals surface area contributed by atoms with Crippen molar-refractivity contribution in [2.45, 2.75) is 25.6 Å². The van der Waals surface area contributed by atoms with E-state index in [1.54, 1.807) is 0 Å². The minimum atomic E-state index is -5.06. The van der Waals surface area contributed by atoms with Gasteiger partial charge in [0.25, 0.3) is 5.91 Å². The largest absolute Gasteiger partial charge is 0.480 e. The van der Waals surface area contributed by atoms with Gasteiger partial charge < -0.3 is 10.4 Å². The van der Waals surface area contributed by atoms with Crippen molar-refractivity contribution in [2.24, 2.45) is 0 Å². The van der Waals surface area contributed by atoms with E-state index in [9.17, 15) is 27.6 Å². The zero-order valence-electron chi connectivity index (χ0n) is 10.5. The molecule has 0 aliphatic carbocycles. The first-order chi connectivity index (χ1) is 9.65. The number of thiazole rings is 1. The quantitative estimate of drug-likeness (QED) is 0.755. The van der Waals surface area contributed by atoms with Crippen molar-refractivity contribution < 1.29 is 32.7 Å². The van der Waals surface area contributed by atoms with Crippen LogP contribution < -0.4 is 10.6 Å². The standard InChI is InChI=1S/C10H10F3N3O4S/c1-2-4(7(18)19)14-6(17)5-3-21-9(15-5)16-8(20)10(11,12)13/h3-4H,2H2,1H3,(H,14,17)(H,18,19)(H,15,16,20). The fraction of sp³-hybridized carbons (Fsp3) is 0.400. The van der Waals surface area contributed by atoms with Crippen molar-refractivity contribution in [2.75, 3.05) is 5.32 Å². The average molecular weight is 325 g/mol. The molecule has 0 saturated heterocycles. The normalized spacial score (nSPS) is 12.6. The van der Waals surface area contributed by atoms with Crippen LogP contribution in [0.3, 0.4) is 0 Å². The average Bonchev–Trinajstić information content (AvgIpc) is 2.82. The fourth-order valence-corrected chi connectivity index (χ4v) is 1.86. The van der Waals surface area contributed by atoms with E-state index in [-0.39, 0.29) is 12.1 Å². The number of carbonyl (C=O) groups is 3. The van der Waals surface area contributed by atoms with E-state index in [1.165, 1.54) is 12.2 Å². The number of halogens is 3. The molecule has 7 nitrogen and oxygen atoms in total. The Balaban J connectivity index is 2.73. The van der Waals surface area contributed by atoms with Gasteiger partial charge in [-0.05, 0) is 6.42 Å². The number of amides is 2. The van der Waals surface area contributed by atoms with E-state index in [2.05, 4.69) is 10.3 Å². The predicted octanol–water partition coefficient (Wildman–Crippen LogP) is 1.24. The molecule has 1 heterocycles. The van der Waals surface area contributed by atoms with Crippen LogP contribution in [0.2, 0.25) is 0 Å². The summed E-state index contributed by atoms with van der Waals surface area (Å²) in [7, 11) is 0. The third-order valence-electron chi connectivity index (χ3n) is 2.23. The Morgan fingerprint density at radius 3 is 2.52 bits per heavy atom. The maximum absolute atomic E-state index is 12.0. The van der Waals surface area contributed by atoms with Gasteiger partial charge in [-0.15, -0.1) is 11.3 Å². The van der Waals surface area contributed by atoms with Crippen LogP contribution in [-0.4, -0.2) is 40.1 Å². The molecule has 2 amide bonds. The van der Waals surface area contributed by atoms with E-state index in [0.717, 1.165) is 5.38 Å². The molecular weight excluding hydrogens is 315 g/mol. The highest BCUT2D eigenvalue weighted by Crippen LogP contribution is 2.21. The van der Waals surface area contributed by atoms with Gasteiger partial charge in [0.15, 0.2) is 5.13 Å². The number of rotatable bonds is 5. The van der Waals surface area contributed by atoms with E-state index < -0.39 is 35.1 Å². The summed E-state index contributed by atoms with van der Waals surface area (Å²) in [4.78, 5) is 36.6. The van der Waals surface area contributed by atoms with Gasteiger partial charge in [-0.3, -0.25) is 14.9 Å². The van der Waals surface area contributed by atoms with Crippen LogP contribution in [0.5, 0.6) is 0 Å². The minimum absolute atomic E-state index is 0.128. The monoisotopic (exact) mass is 325 g/mol. The summed E-state index contributed by atoms with van der Waals surface area (Å²) >= 11 is 0.614. The molecule has 0 aliphatic rings. The number of anilines is 1. The Hall–Kier alpha value is -2.17. The molecule has 11 heteroatoms. The molecule has 21 heavy (non-hydrogen) atoms. The molecule has 1 atom stereocenters. The lowest BCUT2D eigenvalue weighted by atomic mass is 10.2. The summed E-state index contributed by atoms with van der Waals surface area (Å²) in [5.74, 6) is -4.31. The Morgan fingerprint density at radius 2 is 2.05 bits per heavy atom. The Labute approximate surface area is 120 Å². The summed E-state index contributed by atoms with van der Waals surface area (Å²) in [6.45, 7) is 1.54. The van der Waals surface area contributed by atoms with Crippen LogP contribution in [0, 0.1) is 0 Å². The number of hydrogen-bond acceptors (Lipinski definition) is 5. The second-order valence-electron chi connectivity index (χ2n) is 3.76. The molecule has 116 valence electrons. The van der Waals surface area contributed by atoms with Crippen molar-refractivity contribution in [3.05, 3.63) is 11.1 Å². The van der Waals surface area contributed by atoms with Gasteiger partial charge in [0, 0.05) is 5.38 Å². The minimum Gasteiger partial charge on any atom is -0.480 e. The van der Waals surface area contributed by atoms with Gasteiger partial charge in [0.2, 0.25) is 0 Å². The molecule has 0 saturated carbocycles. The number of aliphatic carboxylic acids is 1. The molecule has 1 aromatic rings. The zero-order valence-corrected chi connectivity index (χ0v) is 11.3. The predicted molar refractivity (Wildman–Crippen MR) is 66.0 cm³/mol. The van der Waals surface area contributed by atoms with Gasteiger partial charge in [-0.1, -0.05) is 6.92 Å². The third-order valence-corrected chi connectivity index (χ3v) is 2.98. The molecule has 0 spiro atoms. The second-order valence-corrected chi connectivity index (χ2v) is 4.62. The molecule has 0 aliphatic heterocycles. The lowest BCUT2D eigenvalue weighted by Gasteiger charge is -2.10. The number of nitrogens with zero attached hydrogens (tertiary/aromatic N) is 1. The van der Waals surface area contributed by atoms with E-state index >= 15 is 0 Å². The smallest absolute Gasteiger partial charge is 0.471 e. The van der Waals surface area contributed by atoms with E-state index in [1.807, 2.05) is 0 Å². The molecule has 0 bridgehead atoms.